The molecule has 1 N–H and O–H groups in total. The lowest BCUT2D eigenvalue weighted by Gasteiger charge is -2.37. The topological polar surface area (TPSA) is 20.2 Å². The van der Waals surface area contributed by atoms with Crippen molar-refractivity contribution in [1.82, 2.24) is 0 Å². The summed E-state index contributed by atoms with van der Waals surface area (Å²) in [5.74, 6) is 0.856. The molecule has 94 valence electrons. The van der Waals surface area contributed by atoms with Gasteiger partial charge in [-0.1, -0.05) is 22.9 Å². The first-order valence-electron chi connectivity index (χ1n) is 5.79. The fourth-order valence-corrected chi connectivity index (χ4v) is 3.82. The Kier molecular flexibility index (Phi) is 4.16. The maximum atomic E-state index is 13.7. The highest BCUT2D eigenvalue weighted by Gasteiger charge is 2.37. The van der Waals surface area contributed by atoms with Crippen LogP contribution in [0.15, 0.2) is 22.7 Å². The Bertz CT molecular complexity index is 412. The van der Waals surface area contributed by atoms with Gasteiger partial charge in [-0.3, -0.25) is 0 Å². The molecule has 1 fully saturated rings. The molecule has 1 aliphatic rings. The first kappa shape index (κ1) is 13.4. The Morgan fingerprint density at radius 3 is 3.06 bits per heavy atom. The minimum atomic E-state index is -0.773. The van der Waals surface area contributed by atoms with E-state index in [0.717, 1.165) is 23.1 Å². The normalized spacial score (nSPS) is 29.3. The molecule has 0 saturated carbocycles. The van der Waals surface area contributed by atoms with Crippen molar-refractivity contribution in [3.63, 3.8) is 0 Å². The fourth-order valence-electron chi connectivity index (χ4n) is 2.24. The van der Waals surface area contributed by atoms with Crippen LogP contribution in [0.3, 0.4) is 0 Å². The van der Waals surface area contributed by atoms with Gasteiger partial charge in [-0.2, -0.15) is 11.8 Å². The van der Waals surface area contributed by atoms with Crippen LogP contribution in [0.1, 0.15) is 25.3 Å². The van der Waals surface area contributed by atoms with Gasteiger partial charge in [-0.15, -0.1) is 0 Å². The zero-order valence-electron chi connectivity index (χ0n) is 9.75. The van der Waals surface area contributed by atoms with Gasteiger partial charge in [0.2, 0.25) is 0 Å². The molecule has 1 heterocycles. The van der Waals surface area contributed by atoms with Crippen LogP contribution in [0.5, 0.6) is 0 Å². The average Bonchev–Trinajstić information content (AvgIpc) is 2.28. The second-order valence-electron chi connectivity index (χ2n) is 4.63. The molecule has 0 bridgehead atoms. The van der Waals surface area contributed by atoms with Crippen molar-refractivity contribution in [3.05, 3.63) is 34.1 Å². The maximum Gasteiger partial charge on any atom is 0.126 e. The largest absolute Gasteiger partial charge is 0.388 e. The van der Waals surface area contributed by atoms with Crippen molar-refractivity contribution < 1.29 is 9.50 Å². The van der Waals surface area contributed by atoms with Gasteiger partial charge >= 0.3 is 0 Å². The summed E-state index contributed by atoms with van der Waals surface area (Å²) in [6.45, 7) is 2.03. The van der Waals surface area contributed by atoms with E-state index in [0.29, 0.717) is 12.0 Å². The summed E-state index contributed by atoms with van der Waals surface area (Å²) < 4.78 is 14.5. The second-order valence-corrected chi connectivity index (χ2v) is 7.00. The molecule has 1 aromatic rings. The molecule has 1 nitrogen and oxygen atoms in total. The molecule has 1 saturated heterocycles. The number of halogens is 2. The van der Waals surface area contributed by atoms with Gasteiger partial charge in [0.1, 0.15) is 5.82 Å². The molecule has 4 heteroatoms. The van der Waals surface area contributed by atoms with Crippen LogP contribution in [0.25, 0.3) is 0 Å². The Hall–Kier alpha value is -0.0600. The maximum absolute atomic E-state index is 13.7. The van der Waals surface area contributed by atoms with Gasteiger partial charge in [-0.05, 0) is 42.4 Å². The van der Waals surface area contributed by atoms with Gasteiger partial charge in [0.15, 0.2) is 0 Å². The summed E-state index contributed by atoms with van der Waals surface area (Å²) in [4.78, 5) is 0. The number of hydrogen-bond donors (Lipinski definition) is 1. The Morgan fingerprint density at radius 1 is 1.59 bits per heavy atom. The lowest BCUT2D eigenvalue weighted by Crippen LogP contribution is -2.43. The standard InChI is InChI=1S/C13H16BrFOS/c1-9-13(16,5-2-6-17-9)8-10-7-11(14)3-4-12(10)15/h3-4,7,9,16H,2,5-6,8H2,1H3. The van der Waals surface area contributed by atoms with Gasteiger partial charge in [0.05, 0.1) is 5.60 Å². The molecule has 0 radical (unpaired) electrons. The Labute approximate surface area is 114 Å². The third-order valence-electron chi connectivity index (χ3n) is 3.38. The third kappa shape index (κ3) is 3.04. The van der Waals surface area contributed by atoms with Crippen LogP contribution < -0.4 is 0 Å². The van der Waals surface area contributed by atoms with Gasteiger partial charge < -0.3 is 5.11 Å². The SMILES string of the molecule is CC1SCCCC1(O)Cc1cc(Br)ccc1F. The lowest BCUT2D eigenvalue weighted by molar-refractivity contribution is 0.0289. The van der Waals surface area contributed by atoms with Crippen LogP contribution in [-0.2, 0) is 6.42 Å². The van der Waals surface area contributed by atoms with Gasteiger partial charge in [-0.25, -0.2) is 4.39 Å². The molecule has 2 unspecified atom stereocenters. The number of aliphatic hydroxyl groups is 1. The van der Waals surface area contributed by atoms with Crippen molar-refractivity contribution in [2.24, 2.45) is 0 Å². The van der Waals surface area contributed by atoms with Crippen LogP contribution in [-0.4, -0.2) is 21.7 Å². The molecule has 0 aliphatic carbocycles. The molecule has 0 aromatic heterocycles. The Balaban J connectivity index is 2.21. The number of hydrogen-bond acceptors (Lipinski definition) is 2. The molecular formula is C13H16BrFOS. The minimum absolute atomic E-state index is 0.162. The van der Waals surface area contributed by atoms with E-state index in [4.69, 9.17) is 0 Å². The van der Waals surface area contributed by atoms with E-state index >= 15 is 0 Å². The van der Waals surface area contributed by atoms with Crippen LogP contribution >= 0.6 is 27.7 Å². The predicted molar refractivity (Wildman–Crippen MR) is 73.9 cm³/mol. The molecule has 1 aliphatic heterocycles. The number of rotatable bonds is 2. The Morgan fingerprint density at radius 2 is 2.35 bits per heavy atom. The third-order valence-corrected chi connectivity index (χ3v) is 5.34. The monoisotopic (exact) mass is 318 g/mol. The van der Waals surface area contributed by atoms with Crippen molar-refractivity contribution in [2.75, 3.05) is 5.75 Å². The van der Waals surface area contributed by atoms with E-state index in [2.05, 4.69) is 15.9 Å². The summed E-state index contributed by atoms with van der Waals surface area (Å²) in [6, 6.07) is 4.89. The molecule has 17 heavy (non-hydrogen) atoms. The molecule has 2 rings (SSSR count). The summed E-state index contributed by atoms with van der Waals surface area (Å²) in [5, 5.41) is 10.8. The van der Waals surface area contributed by atoms with E-state index in [1.54, 1.807) is 23.9 Å². The number of thioether (sulfide) groups is 1. The highest BCUT2D eigenvalue weighted by atomic mass is 79.9. The van der Waals surface area contributed by atoms with Crippen molar-refractivity contribution in [2.45, 2.75) is 37.0 Å². The van der Waals surface area contributed by atoms with Crippen molar-refractivity contribution in [1.29, 1.82) is 0 Å². The van der Waals surface area contributed by atoms with Crippen LogP contribution in [0.2, 0.25) is 0 Å². The highest BCUT2D eigenvalue weighted by molar-refractivity contribution is 9.10. The highest BCUT2D eigenvalue weighted by Crippen LogP contribution is 2.37. The van der Waals surface area contributed by atoms with E-state index in [-0.39, 0.29) is 11.1 Å². The van der Waals surface area contributed by atoms with Crippen molar-refractivity contribution in [3.8, 4) is 0 Å². The minimum Gasteiger partial charge on any atom is -0.388 e. The summed E-state index contributed by atoms with van der Waals surface area (Å²) in [7, 11) is 0. The average molecular weight is 319 g/mol. The van der Waals surface area contributed by atoms with E-state index < -0.39 is 5.60 Å². The van der Waals surface area contributed by atoms with E-state index in [1.807, 2.05) is 6.92 Å². The van der Waals surface area contributed by atoms with E-state index in [1.165, 1.54) is 6.07 Å². The lowest BCUT2D eigenvalue weighted by atomic mass is 9.87. The first-order valence-corrected chi connectivity index (χ1v) is 7.63. The molecular weight excluding hydrogens is 303 g/mol. The zero-order valence-corrected chi connectivity index (χ0v) is 12.2. The quantitative estimate of drug-likeness (QED) is 0.895. The summed E-state index contributed by atoms with van der Waals surface area (Å²) in [5.41, 5.74) is -0.180. The zero-order chi connectivity index (χ0) is 12.5. The molecule has 2 atom stereocenters. The van der Waals surface area contributed by atoms with Gasteiger partial charge in [0.25, 0.3) is 0 Å². The molecule has 0 amide bonds. The molecule has 1 aromatic carbocycles. The summed E-state index contributed by atoms with van der Waals surface area (Å²) >= 11 is 5.11. The van der Waals surface area contributed by atoms with Crippen molar-refractivity contribution >= 4 is 27.7 Å². The van der Waals surface area contributed by atoms with E-state index in [9.17, 15) is 9.50 Å². The molecule has 0 spiro atoms. The van der Waals surface area contributed by atoms with Crippen LogP contribution in [0, 0.1) is 5.82 Å². The fraction of sp³-hybridized carbons (Fsp3) is 0.538. The smallest absolute Gasteiger partial charge is 0.126 e. The predicted octanol–water partition coefficient (Wildman–Crippen LogP) is 3.78. The first-order chi connectivity index (χ1) is 8.01. The number of benzene rings is 1. The van der Waals surface area contributed by atoms with Crippen LogP contribution in [0.4, 0.5) is 4.39 Å². The van der Waals surface area contributed by atoms with Gasteiger partial charge in [0, 0.05) is 16.1 Å². The second kappa shape index (κ2) is 5.29. The summed E-state index contributed by atoms with van der Waals surface area (Å²) in [6.07, 6.45) is 2.15.